The number of nitrogens with zero attached hydrogens (tertiary/aromatic N) is 1. The number of rotatable bonds is 5. The Hall–Kier alpha value is -2.90. The molecule has 7 heteroatoms. The largest absolute Gasteiger partial charge is 0.486 e. The Balaban J connectivity index is 1.70. The second-order valence-corrected chi connectivity index (χ2v) is 7.76. The number of hydrogen-bond donors (Lipinski definition) is 1. The molecule has 138 valence electrons. The van der Waals surface area contributed by atoms with Crippen molar-refractivity contribution in [3.8, 4) is 11.5 Å². The van der Waals surface area contributed by atoms with Gasteiger partial charge >= 0.3 is 0 Å². The van der Waals surface area contributed by atoms with Crippen LogP contribution in [0.5, 0.6) is 11.5 Å². The number of aromatic nitrogens is 1. The van der Waals surface area contributed by atoms with Gasteiger partial charge in [-0.3, -0.25) is 4.98 Å². The topological polar surface area (TPSA) is 77.5 Å². The summed E-state index contributed by atoms with van der Waals surface area (Å²) in [5.74, 6) is 0.984. The summed E-state index contributed by atoms with van der Waals surface area (Å²) in [6.07, 6.45) is 3.29. The molecule has 27 heavy (non-hydrogen) atoms. The number of pyridine rings is 1. The maximum atomic E-state index is 13.1. The smallest absolute Gasteiger partial charge is 0.241 e. The molecule has 1 aromatic heterocycles. The molecule has 1 aliphatic rings. The first kappa shape index (κ1) is 17.5. The molecule has 2 heterocycles. The molecule has 0 amide bonds. The van der Waals surface area contributed by atoms with Gasteiger partial charge < -0.3 is 9.47 Å². The minimum absolute atomic E-state index is 0.127. The summed E-state index contributed by atoms with van der Waals surface area (Å²) in [6, 6.07) is 17.1. The van der Waals surface area contributed by atoms with E-state index >= 15 is 0 Å². The molecule has 2 aromatic carbocycles. The predicted octanol–water partition coefficient (Wildman–Crippen LogP) is 2.92. The van der Waals surface area contributed by atoms with Crippen molar-refractivity contribution >= 4 is 10.0 Å². The summed E-state index contributed by atoms with van der Waals surface area (Å²) in [7, 11) is -3.80. The average Bonchev–Trinajstić information content (AvgIpc) is 2.73. The summed E-state index contributed by atoms with van der Waals surface area (Å²) >= 11 is 0. The minimum atomic E-state index is -3.80. The van der Waals surface area contributed by atoms with Crippen LogP contribution in [-0.2, 0) is 10.0 Å². The number of benzene rings is 2. The van der Waals surface area contributed by atoms with Crippen molar-refractivity contribution in [3.05, 3.63) is 84.2 Å². The van der Waals surface area contributed by atoms with E-state index in [1.165, 1.54) is 12.1 Å². The fourth-order valence-electron chi connectivity index (χ4n) is 2.94. The van der Waals surface area contributed by atoms with E-state index in [9.17, 15) is 8.42 Å². The molecule has 1 atom stereocenters. The van der Waals surface area contributed by atoms with E-state index in [4.69, 9.17) is 9.47 Å². The second kappa shape index (κ2) is 7.38. The number of hydrogen-bond acceptors (Lipinski definition) is 5. The zero-order valence-electron chi connectivity index (χ0n) is 14.4. The second-order valence-electron chi connectivity index (χ2n) is 6.05. The van der Waals surface area contributed by atoms with Crippen LogP contribution in [0.4, 0.5) is 0 Å². The fourth-order valence-corrected chi connectivity index (χ4v) is 4.17. The van der Waals surface area contributed by atoms with Crippen molar-refractivity contribution in [2.24, 2.45) is 0 Å². The van der Waals surface area contributed by atoms with Crippen LogP contribution in [0.3, 0.4) is 0 Å². The molecule has 0 spiro atoms. The molecule has 4 rings (SSSR count). The molecule has 0 fully saturated rings. The Morgan fingerprint density at radius 2 is 1.52 bits per heavy atom. The van der Waals surface area contributed by atoms with Gasteiger partial charge in [-0.05, 0) is 35.4 Å². The normalized spacial score (nSPS) is 14.5. The van der Waals surface area contributed by atoms with Crippen molar-refractivity contribution in [2.45, 2.75) is 10.9 Å². The number of sulfonamides is 1. The Kier molecular flexibility index (Phi) is 4.79. The van der Waals surface area contributed by atoms with E-state index in [1.54, 1.807) is 30.6 Å². The highest BCUT2D eigenvalue weighted by Gasteiger charge is 2.24. The van der Waals surface area contributed by atoms with Gasteiger partial charge in [0, 0.05) is 18.5 Å². The van der Waals surface area contributed by atoms with Crippen molar-refractivity contribution in [3.63, 3.8) is 0 Å². The maximum Gasteiger partial charge on any atom is 0.241 e. The SMILES string of the molecule is O=S(=O)(N[C@H](c1ccccc1)c1ccncc1)c1ccc2c(c1)OCCO2. The molecule has 1 aliphatic heterocycles. The van der Waals surface area contributed by atoms with Gasteiger partial charge in [-0.25, -0.2) is 8.42 Å². The third kappa shape index (κ3) is 3.79. The molecule has 0 saturated heterocycles. The molecule has 0 aliphatic carbocycles. The lowest BCUT2D eigenvalue weighted by molar-refractivity contribution is 0.171. The first-order valence-electron chi connectivity index (χ1n) is 8.50. The summed E-state index contributed by atoms with van der Waals surface area (Å²) in [4.78, 5) is 4.14. The average molecular weight is 382 g/mol. The number of nitrogens with one attached hydrogen (secondary N) is 1. The van der Waals surface area contributed by atoms with Gasteiger partial charge in [0.25, 0.3) is 0 Å². The lowest BCUT2D eigenvalue weighted by atomic mass is 10.0. The monoisotopic (exact) mass is 382 g/mol. The van der Waals surface area contributed by atoms with E-state index in [0.717, 1.165) is 11.1 Å². The summed E-state index contributed by atoms with van der Waals surface area (Å²) in [6.45, 7) is 0.850. The van der Waals surface area contributed by atoms with Crippen molar-refractivity contribution in [1.82, 2.24) is 9.71 Å². The van der Waals surface area contributed by atoms with Gasteiger partial charge in [-0.2, -0.15) is 4.72 Å². The summed E-state index contributed by atoms with van der Waals surface area (Å²) < 4.78 is 39.9. The van der Waals surface area contributed by atoms with Crippen LogP contribution in [-0.4, -0.2) is 26.6 Å². The lowest BCUT2D eigenvalue weighted by Gasteiger charge is -2.21. The van der Waals surface area contributed by atoms with Gasteiger partial charge in [0.15, 0.2) is 11.5 Å². The van der Waals surface area contributed by atoms with Gasteiger partial charge in [-0.15, -0.1) is 0 Å². The summed E-state index contributed by atoms with van der Waals surface area (Å²) in [5, 5.41) is 0. The van der Waals surface area contributed by atoms with E-state index in [2.05, 4.69) is 9.71 Å². The molecule has 0 saturated carbocycles. The molecule has 0 bridgehead atoms. The minimum Gasteiger partial charge on any atom is -0.486 e. The zero-order valence-corrected chi connectivity index (χ0v) is 15.2. The van der Waals surface area contributed by atoms with Gasteiger partial charge in [0.05, 0.1) is 10.9 Å². The molecule has 6 nitrogen and oxygen atoms in total. The van der Waals surface area contributed by atoms with E-state index < -0.39 is 16.1 Å². The van der Waals surface area contributed by atoms with Gasteiger partial charge in [0.1, 0.15) is 13.2 Å². The third-order valence-electron chi connectivity index (χ3n) is 4.27. The standard InChI is InChI=1S/C20H18N2O4S/c23-27(24,17-6-7-18-19(14-17)26-13-12-25-18)22-20(15-4-2-1-3-5-15)16-8-10-21-11-9-16/h1-11,14,20,22H,12-13H2/t20-/m1/s1. The molecular weight excluding hydrogens is 364 g/mol. The Morgan fingerprint density at radius 3 is 2.26 bits per heavy atom. The molecular formula is C20H18N2O4S. The van der Waals surface area contributed by atoms with Crippen molar-refractivity contribution < 1.29 is 17.9 Å². The zero-order chi connectivity index (χ0) is 18.7. The van der Waals surface area contributed by atoms with Crippen molar-refractivity contribution in [1.29, 1.82) is 0 Å². The van der Waals surface area contributed by atoms with E-state index in [1.807, 2.05) is 30.3 Å². The first-order valence-corrected chi connectivity index (χ1v) is 9.99. The lowest BCUT2D eigenvalue weighted by Crippen LogP contribution is -2.29. The van der Waals surface area contributed by atoms with E-state index in [-0.39, 0.29) is 4.90 Å². The van der Waals surface area contributed by atoms with Crippen LogP contribution in [0.15, 0.2) is 78.0 Å². The Labute approximate surface area is 157 Å². The summed E-state index contributed by atoms with van der Waals surface area (Å²) in [5.41, 5.74) is 1.64. The van der Waals surface area contributed by atoms with Crippen LogP contribution < -0.4 is 14.2 Å². The number of ether oxygens (including phenoxy) is 2. The van der Waals surface area contributed by atoms with Crippen LogP contribution >= 0.6 is 0 Å². The highest BCUT2D eigenvalue weighted by Crippen LogP contribution is 2.33. The van der Waals surface area contributed by atoms with E-state index in [0.29, 0.717) is 24.7 Å². The molecule has 3 aromatic rings. The Morgan fingerprint density at radius 1 is 0.852 bits per heavy atom. The Bertz CT molecular complexity index is 985. The molecule has 1 N–H and O–H groups in total. The first-order chi connectivity index (χ1) is 13.1. The highest BCUT2D eigenvalue weighted by atomic mass is 32.2. The van der Waals surface area contributed by atoms with Crippen LogP contribution in [0.1, 0.15) is 17.2 Å². The quantitative estimate of drug-likeness (QED) is 0.734. The van der Waals surface area contributed by atoms with Gasteiger partial charge in [0.2, 0.25) is 10.0 Å². The third-order valence-corrected chi connectivity index (χ3v) is 5.69. The van der Waals surface area contributed by atoms with Crippen molar-refractivity contribution in [2.75, 3.05) is 13.2 Å². The highest BCUT2D eigenvalue weighted by molar-refractivity contribution is 7.89. The van der Waals surface area contributed by atoms with Crippen LogP contribution in [0.25, 0.3) is 0 Å². The van der Waals surface area contributed by atoms with Crippen LogP contribution in [0.2, 0.25) is 0 Å². The number of fused-ring (bicyclic) bond motifs is 1. The molecule has 0 radical (unpaired) electrons. The maximum absolute atomic E-state index is 13.1. The predicted molar refractivity (Wildman–Crippen MR) is 100 cm³/mol. The fraction of sp³-hybridized carbons (Fsp3) is 0.150. The van der Waals surface area contributed by atoms with Crippen LogP contribution in [0, 0.1) is 0 Å². The van der Waals surface area contributed by atoms with Gasteiger partial charge in [-0.1, -0.05) is 30.3 Å². The molecule has 0 unspecified atom stereocenters.